The van der Waals surface area contributed by atoms with Crippen molar-refractivity contribution in [2.75, 3.05) is 26.7 Å². The molecule has 3 aromatic rings. The average Bonchev–Trinajstić information content (AvgIpc) is 3.49. The molecule has 3 heterocycles. The highest BCUT2D eigenvalue weighted by Gasteiger charge is 2.40. The summed E-state index contributed by atoms with van der Waals surface area (Å²) in [5.74, 6) is -1.12. The molecule has 1 amide bonds. The van der Waals surface area contributed by atoms with Crippen molar-refractivity contribution in [3.05, 3.63) is 93.0 Å². The van der Waals surface area contributed by atoms with Crippen molar-refractivity contribution in [1.29, 1.82) is 5.26 Å². The molecule has 4 atom stereocenters. The second-order valence-electron chi connectivity index (χ2n) is 10.2. The van der Waals surface area contributed by atoms with E-state index in [0.29, 0.717) is 38.0 Å². The van der Waals surface area contributed by atoms with Gasteiger partial charge in [0.1, 0.15) is 17.6 Å². The zero-order valence-corrected chi connectivity index (χ0v) is 23.8. The maximum Gasteiger partial charge on any atom is 0.415 e. The minimum atomic E-state index is -0.639. The van der Waals surface area contributed by atoms with Gasteiger partial charge in [-0.25, -0.2) is 9.18 Å². The first-order valence-corrected chi connectivity index (χ1v) is 14.1. The highest BCUT2D eigenvalue weighted by molar-refractivity contribution is 6.44. The molecule has 0 aliphatic carbocycles. The van der Waals surface area contributed by atoms with Crippen LogP contribution in [0.25, 0.3) is 0 Å². The largest absolute Gasteiger partial charge is 0.415 e. The molecule has 0 saturated carbocycles. The number of hydrogen-bond acceptors (Lipinski definition) is 7. The molecule has 2 unspecified atom stereocenters. The second-order valence-corrected chi connectivity index (χ2v) is 11.0. The van der Waals surface area contributed by atoms with Crippen molar-refractivity contribution >= 4 is 35.1 Å². The monoisotopic (exact) mass is 595 g/mol. The molecule has 2 saturated heterocycles. The van der Waals surface area contributed by atoms with E-state index in [2.05, 4.69) is 21.7 Å². The van der Waals surface area contributed by atoms with Crippen LogP contribution in [0.2, 0.25) is 10.0 Å². The molecule has 2 aromatic carbocycles. The molecule has 2 N–H and O–H groups in total. The van der Waals surface area contributed by atoms with E-state index in [4.69, 9.17) is 27.9 Å². The molecular formula is C30H28Cl2FN5O3. The number of nitriles is 1. The normalized spacial score (nSPS) is 22.1. The molecule has 8 nitrogen and oxygen atoms in total. The first kappa shape index (κ1) is 29.0. The zero-order valence-electron chi connectivity index (χ0n) is 22.2. The Balaban J connectivity index is 1.45. The molecular weight excluding hydrogens is 568 g/mol. The van der Waals surface area contributed by atoms with Gasteiger partial charge in [-0.3, -0.25) is 9.78 Å². The Bertz CT molecular complexity index is 1480. The number of aromatic nitrogens is 1. The van der Waals surface area contributed by atoms with Crippen LogP contribution in [0.5, 0.6) is 5.75 Å². The summed E-state index contributed by atoms with van der Waals surface area (Å²) in [7, 11) is 1.60. The van der Waals surface area contributed by atoms with Gasteiger partial charge in [-0.05, 0) is 67.4 Å². The fourth-order valence-electron chi connectivity index (χ4n) is 5.64. The molecule has 2 fully saturated rings. The summed E-state index contributed by atoms with van der Waals surface area (Å²) < 4.78 is 18.8. The van der Waals surface area contributed by atoms with E-state index in [9.17, 15) is 19.2 Å². The molecule has 0 spiro atoms. The van der Waals surface area contributed by atoms with Crippen LogP contribution in [0.4, 0.5) is 9.18 Å². The lowest BCUT2D eigenvalue weighted by molar-refractivity contribution is 0.0876. The van der Waals surface area contributed by atoms with Crippen LogP contribution in [-0.2, 0) is 0 Å². The number of nitrogens with zero attached hydrogens (tertiary/aromatic N) is 3. The second kappa shape index (κ2) is 12.5. The molecule has 212 valence electrons. The molecule has 5 rings (SSSR count). The summed E-state index contributed by atoms with van der Waals surface area (Å²) in [6, 6.07) is 14.0. The van der Waals surface area contributed by atoms with Gasteiger partial charge in [0.25, 0.3) is 0 Å². The zero-order chi connectivity index (χ0) is 29.1. The molecule has 0 bridgehead atoms. The molecule has 1 aromatic heterocycles. The maximum absolute atomic E-state index is 14.2. The lowest BCUT2D eigenvalue weighted by atomic mass is 9.80. The van der Waals surface area contributed by atoms with Crippen molar-refractivity contribution in [3.8, 4) is 11.8 Å². The number of benzene rings is 2. The SMILES string of the molecule is CN(C(=O)Oc1ccc(F)cc1)[C@H]1CNC[C@@H]1c1cc(C#N)c(Cl)c(Cl)c1C(=O)C1CCNC(c2ccccn2)C1. The summed E-state index contributed by atoms with van der Waals surface area (Å²) in [6.45, 7) is 1.48. The van der Waals surface area contributed by atoms with Crippen LogP contribution >= 0.6 is 23.2 Å². The predicted octanol–water partition coefficient (Wildman–Crippen LogP) is 5.51. The molecule has 0 radical (unpaired) electrons. The number of hydrogen-bond donors (Lipinski definition) is 2. The van der Waals surface area contributed by atoms with Crippen LogP contribution in [-0.4, -0.2) is 54.5 Å². The Morgan fingerprint density at radius 1 is 1.15 bits per heavy atom. The lowest BCUT2D eigenvalue weighted by Crippen LogP contribution is -2.43. The summed E-state index contributed by atoms with van der Waals surface area (Å²) in [5, 5.41) is 16.6. The lowest BCUT2D eigenvalue weighted by Gasteiger charge is -2.32. The summed E-state index contributed by atoms with van der Waals surface area (Å²) in [4.78, 5) is 33.1. The Hall–Kier alpha value is -3.55. The third-order valence-electron chi connectivity index (χ3n) is 7.81. The van der Waals surface area contributed by atoms with Crippen LogP contribution in [0.15, 0.2) is 54.7 Å². The number of Topliss-reactive ketones (excluding diaryl/α,β-unsaturated/α-hetero) is 1. The highest BCUT2D eigenvalue weighted by Crippen LogP contribution is 2.41. The predicted molar refractivity (Wildman–Crippen MR) is 153 cm³/mol. The van der Waals surface area contributed by atoms with Gasteiger partial charge in [-0.15, -0.1) is 0 Å². The van der Waals surface area contributed by atoms with Crippen molar-refractivity contribution in [1.82, 2.24) is 20.5 Å². The van der Waals surface area contributed by atoms with E-state index >= 15 is 0 Å². The number of carbonyl (C=O) groups is 2. The van der Waals surface area contributed by atoms with Crippen molar-refractivity contribution in [2.24, 2.45) is 5.92 Å². The molecule has 41 heavy (non-hydrogen) atoms. The highest BCUT2D eigenvalue weighted by atomic mass is 35.5. The number of likely N-dealkylation sites (N-methyl/N-ethyl adjacent to an activating group) is 1. The van der Waals surface area contributed by atoms with Crippen LogP contribution < -0.4 is 15.4 Å². The fourth-order valence-corrected chi connectivity index (χ4v) is 6.13. The van der Waals surface area contributed by atoms with Gasteiger partial charge in [0, 0.05) is 43.7 Å². The number of ether oxygens (including phenoxy) is 1. The molecule has 2 aliphatic rings. The number of ketones is 1. The molecule has 11 heteroatoms. The minimum absolute atomic E-state index is 0.0306. The van der Waals surface area contributed by atoms with E-state index in [1.807, 2.05) is 18.2 Å². The third-order valence-corrected chi connectivity index (χ3v) is 8.68. The fraction of sp³-hybridized carbons (Fsp3) is 0.333. The van der Waals surface area contributed by atoms with Gasteiger partial charge < -0.3 is 20.3 Å². The van der Waals surface area contributed by atoms with Crippen LogP contribution in [0, 0.1) is 23.1 Å². The number of amides is 1. The van der Waals surface area contributed by atoms with Gasteiger partial charge in [0.05, 0.1) is 33.4 Å². The smallest absolute Gasteiger partial charge is 0.410 e. The van der Waals surface area contributed by atoms with Crippen LogP contribution in [0.1, 0.15) is 52.0 Å². The Morgan fingerprint density at radius 2 is 1.93 bits per heavy atom. The minimum Gasteiger partial charge on any atom is -0.410 e. The Morgan fingerprint density at radius 3 is 2.63 bits per heavy atom. The summed E-state index contributed by atoms with van der Waals surface area (Å²) in [6.07, 6.45) is 2.22. The van der Waals surface area contributed by atoms with E-state index in [0.717, 1.165) is 5.69 Å². The van der Waals surface area contributed by atoms with Crippen molar-refractivity contribution < 1.29 is 18.7 Å². The van der Waals surface area contributed by atoms with E-state index < -0.39 is 18.0 Å². The number of piperidine rings is 1. The van der Waals surface area contributed by atoms with Crippen molar-refractivity contribution in [3.63, 3.8) is 0 Å². The standard InChI is InChI=1S/C30H28Cl2FN5O3/c1-38(30(40)41-20-7-5-19(33)6-8-20)25-16-35-15-22(25)21-12-18(14-34)27(31)28(32)26(21)29(39)17-9-11-37-24(13-17)23-4-2-3-10-36-23/h2-8,10,12,17,22,24-25,35,37H,9,11,13,15-16H2,1H3/t17?,22-,24?,25+/m1/s1. The number of carbonyl (C=O) groups excluding carboxylic acids is 2. The molecule has 2 aliphatic heterocycles. The third kappa shape index (κ3) is 6.07. The summed E-state index contributed by atoms with van der Waals surface area (Å²) in [5.41, 5.74) is 1.85. The number of rotatable bonds is 6. The van der Waals surface area contributed by atoms with Gasteiger partial charge in [-0.2, -0.15) is 5.26 Å². The topological polar surface area (TPSA) is 107 Å². The van der Waals surface area contributed by atoms with Gasteiger partial charge in [0.2, 0.25) is 0 Å². The van der Waals surface area contributed by atoms with E-state index in [1.165, 1.54) is 29.2 Å². The van der Waals surface area contributed by atoms with Crippen LogP contribution in [0.3, 0.4) is 0 Å². The van der Waals surface area contributed by atoms with Crippen molar-refractivity contribution in [2.45, 2.75) is 30.8 Å². The van der Waals surface area contributed by atoms with Gasteiger partial charge >= 0.3 is 6.09 Å². The van der Waals surface area contributed by atoms with E-state index in [-0.39, 0.29) is 50.6 Å². The Labute approximate surface area is 247 Å². The first-order valence-electron chi connectivity index (χ1n) is 13.3. The average molecular weight is 596 g/mol. The summed E-state index contributed by atoms with van der Waals surface area (Å²) >= 11 is 13.2. The van der Waals surface area contributed by atoms with Gasteiger partial charge in [-0.1, -0.05) is 29.3 Å². The van der Waals surface area contributed by atoms with Gasteiger partial charge in [0.15, 0.2) is 5.78 Å². The quantitative estimate of drug-likeness (QED) is 0.362. The number of halogens is 3. The van der Waals surface area contributed by atoms with E-state index in [1.54, 1.807) is 19.3 Å². The maximum atomic E-state index is 14.2. The first-order chi connectivity index (χ1) is 19.8. The number of pyridine rings is 1. The number of nitrogens with one attached hydrogen (secondary N) is 2. The Kier molecular flexibility index (Phi) is 8.85.